The van der Waals surface area contributed by atoms with Crippen molar-refractivity contribution in [1.29, 1.82) is 0 Å². The standard InChI is InChI=1S/C19H22N2O3S/c1-25(23,24)21-17-8-9-18(21)12-16(11-17)20-19(22)15-7-6-13-4-2-3-5-14(13)10-15/h2-7,10,16-18H,8-9,11-12H2,1H3,(H,20,22). The Morgan fingerprint density at radius 1 is 1.04 bits per heavy atom. The number of hydrogen-bond acceptors (Lipinski definition) is 3. The molecule has 2 saturated heterocycles. The van der Waals surface area contributed by atoms with Crippen LogP contribution in [-0.4, -0.2) is 43.0 Å². The topological polar surface area (TPSA) is 66.5 Å². The van der Waals surface area contributed by atoms with Gasteiger partial charge >= 0.3 is 0 Å². The molecule has 2 aliphatic heterocycles. The molecule has 2 bridgehead atoms. The van der Waals surface area contributed by atoms with Gasteiger partial charge in [-0.1, -0.05) is 30.3 Å². The van der Waals surface area contributed by atoms with Crippen LogP contribution in [0.2, 0.25) is 0 Å². The fourth-order valence-corrected chi connectivity index (χ4v) is 5.86. The summed E-state index contributed by atoms with van der Waals surface area (Å²) in [7, 11) is -3.17. The lowest BCUT2D eigenvalue weighted by molar-refractivity contribution is 0.0909. The summed E-state index contributed by atoms with van der Waals surface area (Å²) in [6.45, 7) is 0. The summed E-state index contributed by atoms with van der Waals surface area (Å²) in [5, 5.41) is 5.27. The summed E-state index contributed by atoms with van der Waals surface area (Å²) in [5.74, 6) is -0.0806. The van der Waals surface area contributed by atoms with Crippen molar-refractivity contribution in [3.63, 3.8) is 0 Å². The minimum Gasteiger partial charge on any atom is -0.349 e. The maximum Gasteiger partial charge on any atom is 0.251 e. The van der Waals surface area contributed by atoms with Gasteiger partial charge in [0, 0.05) is 23.7 Å². The van der Waals surface area contributed by atoms with Crippen molar-refractivity contribution >= 4 is 26.7 Å². The van der Waals surface area contributed by atoms with Gasteiger partial charge in [-0.3, -0.25) is 4.79 Å². The molecule has 4 rings (SSSR count). The van der Waals surface area contributed by atoms with E-state index in [4.69, 9.17) is 0 Å². The van der Waals surface area contributed by atoms with Gasteiger partial charge < -0.3 is 5.32 Å². The molecule has 0 saturated carbocycles. The largest absolute Gasteiger partial charge is 0.349 e. The second-order valence-electron chi connectivity index (χ2n) is 7.18. The summed E-state index contributed by atoms with van der Waals surface area (Å²) in [5.41, 5.74) is 0.650. The van der Waals surface area contributed by atoms with Crippen LogP contribution < -0.4 is 5.32 Å². The third kappa shape index (κ3) is 3.16. The Labute approximate surface area is 148 Å². The van der Waals surface area contributed by atoms with E-state index in [2.05, 4.69) is 5.32 Å². The van der Waals surface area contributed by atoms with Crippen molar-refractivity contribution in [2.24, 2.45) is 0 Å². The molecule has 2 aliphatic rings. The molecule has 0 spiro atoms. The molecule has 2 aromatic rings. The van der Waals surface area contributed by atoms with Crippen LogP contribution in [0.1, 0.15) is 36.0 Å². The number of hydrogen-bond donors (Lipinski definition) is 1. The second-order valence-corrected chi connectivity index (χ2v) is 9.07. The van der Waals surface area contributed by atoms with Crippen LogP contribution in [-0.2, 0) is 10.0 Å². The van der Waals surface area contributed by atoms with Crippen molar-refractivity contribution in [3.05, 3.63) is 48.0 Å². The Kier molecular flexibility index (Phi) is 4.04. The number of piperidine rings is 1. The first-order valence-corrected chi connectivity index (χ1v) is 10.5. The number of fused-ring (bicyclic) bond motifs is 3. The molecular weight excluding hydrogens is 336 g/mol. The van der Waals surface area contributed by atoms with Gasteiger partial charge in [0.05, 0.1) is 6.26 Å². The number of benzene rings is 2. The average Bonchev–Trinajstić information content (AvgIpc) is 2.87. The summed E-state index contributed by atoms with van der Waals surface area (Å²) >= 11 is 0. The monoisotopic (exact) mass is 358 g/mol. The molecule has 2 unspecified atom stereocenters. The van der Waals surface area contributed by atoms with Gasteiger partial charge in [-0.15, -0.1) is 0 Å². The van der Waals surface area contributed by atoms with E-state index in [1.807, 2.05) is 42.5 Å². The predicted molar refractivity (Wildman–Crippen MR) is 97.9 cm³/mol. The summed E-state index contributed by atoms with van der Waals surface area (Å²) in [4.78, 5) is 12.6. The zero-order valence-electron chi connectivity index (χ0n) is 14.2. The Balaban J connectivity index is 1.48. The number of rotatable bonds is 3. The Hall–Kier alpha value is -1.92. The Morgan fingerprint density at radius 2 is 1.68 bits per heavy atom. The van der Waals surface area contributed by atoms with E-state index in [0.717, 1.165) is 23.6 Å². The fourth-order valence-electron chi connectivity index (χ4n) is 4.39. The van der Waals surface area contributed by atoms with E-state index in [0.29, 0.717) is 18.4 Å². The van der Waals surface area contributed by atoms with Crippen molar-refractivity contribution in [2.45, 2.75) is 43.8 Å². The van der Waals surface area contributed by atoms with Gasteiger partial charge in [-0.2, -0.15) is 4.31 Å². The lowest BCUT2D eigenvalue weighted by atomic mass is 9.99. The highest BCUT2D eigenvalue weighted by Gasteiger charge is 2.45. The Morgan fingerprint density at radius 3 is 2.32 bits per heavy atom. The summed E-state index contributed by atoms with van der Waals surface area (Å²) in [6, 6.07) is 13.8. The van der Waals surface area contributed by atoms with E-state index in [1.54, 1.807) is 4.31 Å². The number of carbonyl (C=O) groups is 1. The van der Waals surface area contributed by atoms with E-state index >= 15 is 0 Å². The lowest BCUT2D eigenvalue weighted by Gasteiger charge is -2.37. The van der Waals surface area contributed by atoms with Gasteiger partial charge in [0.2, 0.25) is 10.0 Å². The molecule has 5 nitrogen and oxygen atoms in total. The van der Waals surface area contributed by atoms with Gasteiger partial charge in [0.25, 0.3) is 5.91 Å². The van der Waals surface area contributed by atoms with Crippen LogP contribution in [0.15, 0.2) is 42.5 Å². The highest BCUT2D eigenvalue weighted by atomic mass is 32.2. The molecule has 1 N–H and O–H groups in total. The molecule has 2 heterocycles. The SMILES string of the molecule is CS(=O)(=O)N1C2CCC1CC(NC(=O)c1ccc3ccccc3c1)C2. The van der Waals surface area contributed by atoms with E-state index < -0.39 is 10.0 Å². The van der Waals surface area contributed by atoms with Crippen LogP contribution in [0.5, 0.6) is 0 Å². The van der Waals surface area contributed by atoms with Crippen molar-refractivity contribution in [2.75, 3.05) is 6.26 Å². The zero-order valence-corrected chi connectivity index (χ0v) is 15.0. The first-order chi connectivity index (χ1) is 11.9. The quantitative estimate of drug-likeness (QED) is 0.917. The maximum absolute atomic E-state index is 12.6. The molecule has 132 valence electrons. The van der Waals surface area contributed by atoms with E-state index in [9.17, 15) is 13.2 Å². The number of sulfonamides is 1. The van der Waals surface area contributed by atoms with Crippen LogP contribution in [0.25, 0.3) is 10.8 Å². The van der Waals surface area contributed by atoms with E-state index in [-0.39, 0.29) is 24.0 Å². The minimum absolute atomic E-state index is 0.0238. The van der Waals surface area contributed by atoms with Gasteiger partial charge in [0.15, 0.2) is 0 Å². The van der Waals surface area contributed by atoms with Crippen molar-refractivity contribution in [3.8, 4) is 0 Å². The van der Waals surface area contributed by atoms with Crippen LogP contribution in [0.3, 0.4) is 0 Å². The third-order valence-electron chi connectivity index (χ3n) is 5.40. The molecule has 2 fully saturated rings. The fraction of sp³-hybridized carbons (Fsp3) is 0.421. The zero-order chi connectivity index (χ0) is 17.6. The highest BCUT2D eigenvalue weighted by Crippen LogP contribution is 2.37. The third-order valence-corrected chi connectivity index (χ3v) is 6.76. The van der Waals surface area contributed by atoms with Gasteiger partial charge in [-0.25, -0.2) is 8.42 Å². The molecule has 2 aromatic carbocycles. The van der Waals surface area contributed by atoms with Crippen LogP contribution in [0.4, 0.5) is 0 Å². The van der Waals surface area contributed by atoms with Gasteiger partial charge in [0.1, 0.15) is 0 Å². The first kappa shape index (κ1) is 16.5. The lowest BCUT2D eigenvalue weighted by Crippen LogP contribution is -2.52. The summed E-state index contributed by atoms with van der Waals surface area (Å²) < 4.78 is 25.6. The molecule has 0 aromatic heterocycles. The first-order valence-electron chi connectivity index (χ1n) is 8.70. The number of amides is 1. The van der Waals surface area contributed by atoms with Gasteiger partial charge in [-0.05, 0) is 48.6 Å². The maximum atomic E-state index is 12.6. The van der Waals surface area contributed by atoms with Crippen molar-refractivity contribution < 1.29 is 13.2 Å². The molecule has 1 amide bonds. The molecule has 25 heavy (non-hydrogen) atoms. The number of nitrogens with one attached hydrogen (secondary N) is 1. The number of carbonyl (C=O) groups excluding carboxylic acids is 1. The predicted octanol–water partition coefficient (Wildman–Crippen LogP) is 2.52. The van der Waals surface area contributed by atoms with Crippen LogP contribution >= 0.6 is 0 Å². The highest BCUT2D eigenvalue weighted by molar-refractivity contribution is 7.88. The normalized spacial score (nSPS) is 26.7. The molecule has 2 atom stereocenters. The Bertz CT molecular complexity index is 911. The summed E-state index contributed by atoms with van der Waals surface area (Å²) in [6.07, 6.45) is 4.46. The average molecular weight is 358 g/mol. The van der Waals surface area contributed by atoms with E-state index in [1.165, 1.54) is 6.26 Å². The number of nitrogens with zero attached hydrogens (tertiary/aromatic N) is 1. The van der Waals surface area contributed by atoms with Crippen molar-refractivity contribution in [1.82, 2.24) is 9.62 Å². The molecular formula is C19H22N2O3S. The smallest absolute Gasteiger partial charge is 0.251 e. The molecule has 0 radical (unpaired) electrons. The second kappa shape index (κ2) is 6.11. The minimum atomic E-state index is -3.17. The molecule has 6 heteroatoms. The van der Waals surface area contributed by atoms with Crippen LogP contribution in [0, 0.1) is 0 Å². The molecule has 0 aliphatic carbocycles.